The number of aryl methyl sites for hydroxylation is 1. The molecule has 0 aliphatic rings. The van der Waals surface area contributed by atoms with Crippen molar-refractivity contribution in [2.45, 2.75) is 32.2 Å². The minimum absolute atomic E-state index is 0.110. The number of alkyl halides is 2. The molecular formula is C19H23F2N3O. The van der Waals surface area contributed by atoms with Crippen molar-refractivity contribution < 1.29 is 13.6 Å². The van der Waals surface area contributed by atoms with Gasteiger partial charge in [0.05, 0.1) is 5.69 Å². The number of hydrogen-bond acceptors (Lipinski definition) is 2. The summed E-state index contributed by atoms with van der Waals surface area (Å²) in [6.07, 6.45) is 1.48. The van der Waals surface area contributed by atoms with Crippen LogP contribution in [0.2, 0.25) is 0 Å². The number of aromatic nitrogens is 2. The summed E-state index contributed by atoms with van der Waals surface area (Å²) in [4.78, 5) is 13.4. The van der Waals surface area contributed by atoms with E-state index in [9.17, 15) is 13.6 Å². The molecule has 1 aromatic carbocycles. The number of benzene rings is 1. The highest BCUT2D eigenvalue weighted by Gasteiger charge is 2.34. The van der Waals surface area contributed by atoms with E-state index in [1.165, 1.54) is 21.7 Å². The third kappa shape index (κ3) is 4.13. The fourth-order valence-corrected chi connectivity index (χ4v) is 2.56. The summed E-state index contributed by atoms with van der Waals surface area (Å²) >= 11 is 0. The minimum atomic E-state index is -3.01. The van der Waals surface area contributed by atoms with Gasteiger partial charge in [-0.1, -0.05) is 25.1 Å². The molecule has 1 aromatic heterocycles. The molecule has 0 spiro atoms. The van der Waals surface area contributed by atoms with Crippen molar-refractivity contribution >= 4 is 5.91 Å². The summed E-state index contributed by atoms with van der Waals surface area (Å²) in [5.74, 6) is -3.12. The summed E-state index contributed by atoms with van der Waals surface area (Å²) in [6.45, 7) is 5.74. The van der Waals surface area contributed by atoms with Gasteiger partial charge in [0.25, 0.3) is 11.8 Å². The van der Waals surface area contributed by atoms with E-state index >= 15 is 0 Å². The number of rotatable bonds is 7. The molecule has 0 aliphatic carbocycles. The van der Waals surface area contributed by atoms with E-state index in [1.54, 1.807) is 38.4 Å². The molecule has 0 fully saturated rings. The Kier molecular flexibility index (Phi) is 5.72. The SMILES string of the molecule is C=CCC(F)(F)c1cc(-c2ccc(C(=O)N(C)C)cc2)nn1CCC. The topological polar surface area (TPSA) is 38.1 Å². The molecule has 4 nitrogen and oxygen atoms in total. The van der Waals surface area contributed by atoms with Crippen molar-refractivity contribution in [3.8, 4) is 11.3 Å². The Morgan fingerprint density at radius 2 is 1.96 bits per heavy atom. The van der Waals surface area contributed by atoms with Gasteiger partial charge < -0.3 is 4.90 Å². The van der Waals surface area contributed by atoms with Crippen LogP contribution in [0.15, 0.2) is 43.0 Å². The molecule has 0 aliphatic heterocycles. The summed E-state index contributed by atoms with van der Waals surface area (Å²) in [5, 5.41) is 4.34. The first kappa shape index (κ1) is 18.8. The van der Waals surface area contributed by atoms with Gasteiger partial charge in [-0.3, -0.25) is 9.48 Å². The Hall–Kier alpha value is -2.50. The Bertz CT molecular complexity index is 749. The van der Waals surface area contributed by atoms with Gasteiger partial charge in [-0.2, -0.15) is 13.9 Å². The fourth-order valence-electron chi connectivity index (χ4n) is 2.56. The van der Waals surface area contributed by atoms with Gasteiger partial charge in [0.15, 0.2) is 0 Å². The first-order valence-corrected chi connectivity index (χ1v) is 8.19. The number of carbonyl (C=O) groups excluding carboxylic acids is 1. The normalized spacial score (nSPS) is 11.4. The van der Waals surface area contributed by atoms with E-state index in [2.05, 4.69) is 11.7 Å². The molecule has 0 radical (unpaired) electrons. The van der Waals surface area contributed by atoms with Crippen LogP contribution in [-0.4, -0.2) is 34.7 Å². The fraction of sp³-hybridized carbons (Fsp3) is 0.368. The Morgan fingerprint density at radius 3 is 2.48 bits per heavy atom. The molecule has 0 atom stereocenters. The maximum Gasteiger partial charge on any atom is 0.292 e. The standard InChI is InChI=1S/C19H23F2N3O/c1-5-11-19(20,21)17-13-16(22-24(17)12-6-2)14-7-9-15(10-8-14)18(25)23(3)4/h5,7-10,13H,1,6,11-12H2,2-4H3. The van der Waals surface area contributed by atoms with E-state index in [1.807, 2.05) is 6.92 Å². The molecule has 0 N–H and O–H groups in total. The highest BCUT2D eigenvalue weighted by Crippen LogP contribution is 2.34. The molecule has 25 heavy (non-hydrogen) atoms. The van der Waals surface area contributed by atoms with Gasteiger partial charge in [0, 0.05) is 38.2 Å². The van der Waals surface area contributed by atoms with Crippen molar-refractivity contribution in [2.75, 3.05) is 14.1 Å². The Labute approximate surface area is 146 Å². The third-order valence-electron chi connectivity index (χ3n) is 3.82. The van der Waals surface area contributed by atoms with Gasteiger partial charge in [0.2, 0.25) is 0 Å². The Balaban J connectivity index is 2.39. The molecule has 0 saturated heterocycles. The van der Waals surface area contributed by atoms with E-state index in [0.717, 1.165) is 0 Å². The average Bonchev–Trinajstić information content (AvgIpc) is 2.99. The van der Waals surface area contributed by atoms with Crippen LogP contribution in [0.5, 0.6) is 0 Å². The monoisotopic (exact) mass is 347 g/mol. The molecular weight excluding hydrogens is 324 g/mol. The molecule has 134 valence electrons. The van der Waals surface area contributed by atoms with Crippen LogP contribution in [0.25, 0.3) is 11.3 Å². The second-order valence-electron chi connectivity index (χ2n) is 6.11. The molecule has 1 heterocycles. The van der Waals surface area contributed by atoms with Crippen molar-refractivity contribution in [1.82, 2.24) is 14.7 Å². The number of amides is 1. The van der Waals surface area contributed by atoms with Gasteiger partial charge in [-0.25, -0.2) is 0 Å². The summed E-state index contributed by atoms with van der Waals surface area (Å²) in [6, 6.07) is 8.23. The summed E-state index contributed by atoms with van der Waals surface area (Å²) in [7, 11) is 3.35. The lowest BCUT2D eigenvalue weighted by atomic mass is 10.1. The zero-order chi connectivity index (χ0) is 18.6. The predicted octanol–water partition coefficient (Wildman–Crippen LogP) is 4.33. The maximum absolute atomic E-state index is 14.3. The zero-order valence-corrected chi connectivity index (χ0v) is 14.8. The van der Waals surface area contributed by atoms with Crippen LogP contribution >= 0.6 is 0 Å². The van der Waals surface area contributed by atoms with Crippen LogP contribution in [-0.2, 0) is 12.5 Å². The van der Waals surface area contributed by atoms with Gasteiger partial charge >= 0.3 is 0 Å². The maximum atomic E-state index is 14.3. The van der Waals surface area contributed by atoms with Crippen molar-refractivity contribution in [3.05, 3.63) is 54.2 Å². The summed E-state index contributed by atoms with van der Waals surface area (Å²) in [5.41, 5.74) is 1.59. The quantitative estimate of drug-likeness (QED) is 0.699. The highest BCUT2D eigenvalue weighted by atomic mass is 19.3. The van der Waals surface area contributed by atoms with Crippen LogP contribution in [0.3, 0.4) is 0 Å². The molecule has 0 bridgehead atoms. The number of nitrogens with zero attached hydrogens (tertiary/aromatic N) is 3. The van der Waals surface area contributed by atoms with Crippen molar-refractivity contribution in [3.63, 3.8) is 0 Å². The van der Waals surface area contributed by atoms with E-state index < -0.39 is 12.3 Å². The van der Waals surface area contributed by atoms with Crippen LogP contribution in [0.1, 0.15) is 35.8 Å². The van der Waals surface area contributed by atoms with E-state index in [-0.39, 0.29) is 11.6 Å². The second kappa shape index (κ2) is 7.59. The molecule has 0 unspecified atom stereocenters. The largest absolute Gasteiger partial charge is 0.345 e. The Morgan fingerprint density at radius 1 is 1.32 bits per heavy atom. The predicted molar refractivity (Wildman–Crippen MR) is 94.7 cm³/mol. The molecule has 2 rings (SSSR count). The summed E-state index contributed by atoms with van der Waals surface area (Å²) < 4.78 is 30.1. The van der Waals surface area contributed by atoms with E-state index in [0.29, 0.717) is 29.8 Å². The molecule has 0 saturated carbocycles. The average molecular weight is 347 g/mol. The van der Waals surface area contributed by atoms with Gasteiger partial charge in [-0.05, 0) is 24.6 Å². The smallest absolute Gasteiger partial charge is 0.292 e. The number of carbonyl (C=O) groups is 1. The highest BCUT2D eigenvalue weighted by molar-refractivity contribution is 5.94. The second-order valence-corrected chi connectivity index (χ2v) is 6.11. The lowest BCUT2D eigenvalue weighted by molar-refractivity contribution is -0.0102. The van der Waals surface area contributed by atoms with Crippen LogP contribution in [0.4, 0.5) is 8.78 Å². The molecule has 6 heteroatoms. The van der Waals surface area contributed by atoms with Crippen molar-refractivity contribution in [1.29, 1.82) is 0 Å². The minimum Gasteiger partial charge on any atom is -0.345 e. The van der Waals surface area contributed by atoms with E-state index in [4.69, 9.17) is 0 Å². The zero-order valence-electron chi connectivity index (χ0n) is 14.8. The lowest BCUT2D eigenvalue weighted by Gasteiger charge is -2.15. The van der Waals surface area contributed by atoms with Crippen LogP contribution < -0.4 is 0 Å². The first-order valence-electron chi connectivity index (χ1n) is 8.19. The number of halogens is 2. The molecule has 1 amide bonds. The number of hydrogen-bond donors (Lipinski definition) is 0. The van der Waals surface area contributed by atoms with Gasteiger partial charge in [-0.15, -0.1) is 6.58 Å². The van der Waals surface area contributed by atoms with Gasteiger partial charge in [0.1, 0.15) is 5.69 Å². The number of allylic oxidation sites excluding steroid dienone is 1. The van der Waals surface area contributed by atoms with Crippen LogP contribution in [0, 0.1) is 0 Å². The molecule has 2 aromatic rings. The van der Waals surface area contributed by atoms with Crippen molar-refractivity contribution in [2.24, 2.45) is 0 Å². The lowest BCUT2D eigenvalue weighted by Crippen LogP contribution is -2.21. The third-order valence-corrected chi connectivity index (χ3v) is 3.82. The first-order chi connectivity index (χ1) is 11.8.